The molecule has 4 aromatic carbocycles. The lowest BCUT2D eigenvalue weighted by molar-refractivity contribution is -0.122. The van der Waals surface area contributed by atoms with Gasteiger partial charge in [-0.2, -0.15) is 5.10 Å². The van der Waals surface area contributed by atoms with E-state index in [1.165, 1.54) is 32.4 Å². The molecule has 9 atom stereocenters. The van der Waals surface area contributed by atoms with E-state index >= 15 is 0 Å². The summed E-state index contributed by atoms with van der Waals surface area (Å²) in [7, 11) is 4.30. The summed E-state index contributed by atoms with van der Waals surface area (Å²) in [4.78, 5) is 84.6. The van der Waals surface area contributed by atoms with Crippen LogP contribution in [0.5, 0.6) is 0 Å². The van der Waals surface area contributed by atoms with Crippen LogP contribution in [-0.4, -0.2) is 163 Å². The van der Waals surface area contributed by atoms with Crippen molar-refractivity contribution in [2.45, 2.75) is 212 Å². The lowest BCUT2D eigenvalue weighted by Gasteiger charge is -2.34. The molecule has 0 radical (unpaired) electrons. The normalized spacial score (nSPS) is 23.5. The van der Waals surface area contributed by atoms with Crippen molar-refractivity contribution in [1.82, 2.24) is 54.0 Å². The molecular formula is C78H102N14O9. The molecule has 2 aliphatic carbocycles. The van der Waals surface area contributed by atoms with Crippen molar-refractivity contribution in [2.24, 2.45) is 11.8 Å². The fourth-order valence-electron chi connectivity index (χ4n) is 17.4. The highest BCUT2D eigenvalue weighted by molar-refractivity contribution is 5.98. The van der Waals surface area contributed by atoms with Crippen LogP contribution in [0.4, 0.5) is 31.4 Å². The standard InChI is InChI=1S/C28H39N3O4.C26H35N7O3.C24H28N4O2/c1-17-11-12-22-23(30(17)28(34)35-3)13-14-24-27(22)29-26(16-20-7-4-5-10-25(20)33)31(24)21-9-6-8-19(15-21)18(2)32;1-18-5-6-21-22(33(18)26(35)36-3)7-8-23-25(21)29-24(10-14-31-12-4-11-27-31)32(23)16-15-30-13-9-20(17-30)28-19(2)34;1-16-8-9-19-20(27(16)24(29)30-2)10-11-21-23(19)26-22(14-17-6-4-3-5-7-17)28(21)18-12-13-25-15-18/h13-14,17,19-21,25,33H,4-12,15-16H2,1-3H3;4,7-8,11-12,18,20H,5-6,9-10,13-17H2,1-3H3,(H,28,34);3-7,10-11,16,18,25H,8-9,12-15H2,1-2H3/t17-,19+,20+,21+,25-;18-,20-;16-,18+/m000/s1. The molecule has 0 bridgehead atoms. The maximum absolute atomic E-state index is 12.6. The van der Waals surface area contributed by atoms with Crippen LogP contribution < -0.4 is 25.3 Å². The smallest absolute Gasteiger partial charge is 0.414 e. The van der Waals surface area contributed by atoms with E-state index in [4.69, 9.17) is 29.2 Å². The zero-order chi connectivity index (χ0) is 70.6. The van der Waals surface area contributed by atoms with Crippen molar-refractivity contribution in [1.29, 1.82) is 0 Å². The number of imidazole rings is 3. The van der Waals surface area contributed by atoms with Crippen molar-refractivity contribution >= 4 is 80.1 Å². The largest absolute Gasteiger partial charge is 0.452 e. The summed E-state index contributed by atoms with van der Waals surface area (Å²) in [5.74, 6) is 3.78. The number of aliphatic hydroxyl groups is 1. The second kappa shape index (κ2) is 31.3. The Bertz CT molecular complexity index is 4270. The monoisotopic (exact) mass is 1380 g/mol. The molecule has 7 aliphatic rings. The minimum atomic E-state index is -0.334. The van der Waals surface area contributed by atoms with Gasteiger partial charge >= 0.3 is 18.3 Å². The predicted molar refractivity (Wildman–Crippen MR) is 391 cm³/mol. The number of likely N-dealkylation sites (tertiary alicyclic amines) is 1. The lowest BCUT2D eigenvalue weighted by atomic mass is 9.82. The van der Waals surface area contributed by atoms with Crippen LogP contribution in [0, 0.1) is 11.8 Å². The van der Waals surface area contributed by atoms with Gasteiger partial charge in [-0.25, -0.2) is 29.3 Å². The van der Waals surface area contributed by atoms with Gasteiger partial charge in [0.1, 0.15) is 23.3 Å². The summed E-state index contributed by atoms with van der Waals surface area (Å²) in [5, 5.41) is 21.6. The summed E-state index contributed by atoms with van der Waals surface area (Å²) in [6.45, 7) is 15.8. The number of nitrogens with zero attached hydrogens (tertiary/aromatic N) is 12. The number of amides is 4. The Hall–Kier alpha value is -8.67. The van der Waals surface area contributed by atoms with E-state index in [1.54, 1.807) is 34.7 Å². The molecule has 2 saturated heterocycles. The van der Waals surface area contributed by atoms with Gasteiger partial charge in [-0.05, 0) is 172 Å². The van der Waals surface area contributed by atoms with Gasteiger partial charge in [-0.3, -0.25) is 33.9 Å². The first-order valence-electron chi connectivity index (χ1n) is 37.1. The first-order chi connectivity index (χ1) is 49.0. The number of hydrogen-bond acceptors (Lipinski definition) is 15. The number of Topliss-reactive ketones (excluding diaryl/α,β-unsaturated/α-hetero) is 1. The van der Waals surface area contributed by atoms with Crippen LogP contribution in [0.1, 0.15) is 170 Å². The van der Waals surface area contributed by atoms with Crippen LogP contribution in [0.25, 0.3) is 33.1 Å². The van der Waals surface area contributed by atoms with Crippen molar-refractivity contribution < 1.29 is 43.3 Å². The minimum Gasteiger partial charge on any atom is -0.452 e. The van der Waals surface area contributed by atoms with Crippen LogP contribution >= 0.6 is 0 Å². The van der Waals surface area contributed by atoms with E-state index in [1.807, 2.05) is 35.1 Å². The van der Waals surface area contributed by atoms with E-state index < -0.39 is 0 Å². The minimum absolute atomic E-state index is 0.0310. The Morgan fingerprint density at radius 3 is 1.72 bits per heavy atom. The van der Waals surface area contributed by atoms with Gasteiger partial charge < -0.3 is 43.7 Å². The van der Waals surface area contributed by atoms with Gasteiger partial charge in [-0.1, -0.05) is 49.6 Å². The summed E-state index contributed by atoms with van der Waals surface area (Å²) in [6.07, 6.45) is 20.3. The third kappa shape index (κ3) is 14.9. The third-order valence-corrected chi connectivity index (χ3v) is 22.7. The van der Waals surface area contributed by atoms with Crippen LogP contribution in [0.15, 0.2) is 85.2 Å². The summed E-state index contributed by atoms with van der Waals surface area (Å²) >= 11 is 0. The number of fused-ring (bicyclic) bond motifs is 9. The summed E-state index contributed by atoms with van der Waals surface area (Å²) in [6, 6.07) is 26.1. The quantitative estimate of drug-likeness (QED) is 0.0858. The molecule has 3 N–H and O–H groups in total. The highest BCUT2D eigenvalue weighted by atomic mass is 16.6. The Morgan fingerprint density at radius 1 is 0.594 bits per heavy atom. The number of nitrogens with one attached hydrogen (secondary N) is 2. The first kappa shape index (κ1) is 70.8. The zero-order valence-corrected chi connectivity index (χ0v) is 60.2. The average molecular weight is 1380 g/mol. The van der Waals surface area contributed by atoms with E-state index in [0.29, 0.717) is 6.04 Å². The molecule has 4 amide bonds. The number of rotatable bonds is 14. The average Bonchev–Trinajstić information content (AvgIpc) is 1.65. The molecule has 23 nitrogen and oxygen atoms in total. The Kier molecular flexibility index (Phi) is 21.9. The number of ether oxygens (including phenoxy) is 3. The van der Waals surface area contributed by atoms with E-state index in [9.17, 15) is 29.1 Å². The van der Waals surface area contributed by atoms with Gasteiger partial charge in [0.25, 0.3) is 0 Å². The number of aliphatic hydroxyl groups excluding tert-OH is 1. The number of anilines is 3. The van der Waals surface area contributed by atoms with E-state index in [2.05, 4.69) is 104 Å². The molecule has 4 aromatic heterocycles. The number of aromatic nitrogens is 8. The lowest BCUT2D eigenvalue weighted by Crippen LogP contribution is -2.42. The molecule has 9 heterocycles. The van der Waals surface area contributed by atoms with Gasteiger partial charge in [0.05, 0.1) is 77.6 Å². The predicted octanol–water partition coefficient (Wildman–Crippen LogP) is 12.0. The van der Waals surface area contributed by atoms with Crippen molar-refractivity contribution in [3.8, 4) is 0 Å². The number of aryl methyl sites for hydroxylation is 5. The topological polar surface area (TPSA) is 242 Å². The number of hydrogen-bond donors (Lipinski definition) is 3. The van der Waals surface area contributed by atoms with Crippen molar-refractivity contribution in [2.75, 3.05) is 68.8 Å². The summed E-state index contributed by atoms with van der Waals surface area (Å²) in [5.41, 5.74) is 13.7. The molecule has 15 rings (SSSR count). The molecule has 0 unspecified atom stereocenters. The zero-order valence-electron chi connectivity index (χ0n) is 60.2. The van der Waals surface area contributed by atoms with Crippen molar-refractivity contribution in [3.05, 3.63) is 125 Å². The molecule has 538 valence electrons. The highest BCUT2D eigenvalue weighted by Crippen LogP contribution is 2.44. The highest BCUT2D eigenvalue weighted by Gasteiger charge is 2.38. The second-order valence-corrected chi connectivity index (χ2v) is 29.2. The number of benzene rings is 4. The SMILES string of the molecule is COC(=O)N1c2ccc3c(nc(CCn4cccn4)n3CCN3CC[C@H](NC(C)=O)C3)c2CC[C@@H]1C.COC(=O)N1c2ccc3c(nc(C[C@H]4CCCC[C@@H]4O)n3[C@@H]3CCC[C@@H](C(C)=O)C3)c2CC[C@@H]1C.COC(=O)N1c2ccc3c(nc(Cc4ccccc4)n3[C@@H]3CCNC3)c2CC[C@@H]1C. The molecule has 4 fully saturated rings. The third-order valence-electron chi connectivity index (χ3n) is 22.7. The maximum atomic E-state index is 12.6. The molecule has 5 aliphatic heterocycles. The molecule has 8 aromatic rings. The maximum Gasteiger partial charge on any atom is 0.414 e. The number of carbonyl (C=O) groups is 5. The van der Waals surface area contributed by atoms with E-state index in [0.717, 1.165) is 247 Å². The number of methoxy groups -OCH3 is 3. The molecule has 23 heteroatoms. The van der Waals surface area contributed by atoms with Gasteiger partial charge in [0.2, 0.25) is 5.91 Å². The molecule has 2 saturated carbocycles. The summed E-state index contributed by atoms with van der Waals surface area (Å²) < 4.78 is 24.3. The van der Waals surface area contributed by atoms with Gasteiger partial charge in [0.15, 0.2) is 0 Å². The first-order valence-corrected chi connectivity index (χ1v) is 37.1. The van der Waals surface area contributed by atoms with Crippen LogP contribution in [0.3, 0.4) is 0 Å². The Morgan fingerprint density at radius 2 is 1.17 bits per heavy atom. The fraction of sp³-hybridized carbons (Fsp3) is 0.551. The van der Waals surface area contributed by atoms with Gasteiger partial charge in [-0.15, -0.1) is 0 Å². The Labute approximate surface area is 592 Å². The number of ketones is 1. The van der Waals surface area contributed by atoms with Crippen LogP contribution in [-0.2, 0) is 75.4 Å². The van der Waals surface area contributed by atoms with Gasteiger partial charge in [0, 0.05) is 137 Å². The fourth-order valence-corrected chi connectivity index (χ4v) is 17.4. The van der Waals surface area contributed by atoms with Crippen LogP contribution in [0.2, 0.25) is 0 Å². The molecular weight excluding hydrogens is 1280 g/mol. The van der Waals surface area contributed by atoms with E-state index in [-0.39, 0.29) is 78.1 Å². The molecule has 0 spiro atoms. The van der Waals surface area contributed by atoms with Crippen molar-refractivity contribution in [3.63, 3.8) is 0 Å². The number of carbonyl (C=O) groups excluding carboxylic acids is 5. The Balaban J connectivity index is 0.000000136. The second-order valence-electron chi connectivity index (χ2n) is 29.2. The molecule has 101 heavy (non-hydrogen) atoms.